The Morgan fingerprint density at radius 1 is 1.22 bits per heavy atom. The summed E-state index contributed by atoms with van der Waals surface area (Å²) in [5, 5.41) is 3.06. The molecular formula is C16H23NO. The zero-order valence-corrected chi connectivity index (χ0v) is 11.2. The number of amides is 1. The summed E-state index contributed by atoms with van der Waals surface area (Å²) < 4.78 is 0. The standard InChI is InChI=1S/C16H23NO/c1-2-3-4-8-11-17-16(18)15-12-14(15)13-9-6-5-7-10-13/h5-7,9-10,14-15H,2-4,8,11-12H2,1H3,(H,17,18). The molecule has 1 aromatic carbocycles. The Labute approximate surface area is 110 Å². The van der Waals surface area contributed by atoms with Crippen molar-refractivity contribution >= 4 is 5.91 Å². The largest absolute Gasteiger partial charge is 0.356 e. The van der Waals surface area contributed by atoms with Gasteiger partial charge in [-0.3, -0.25) is 4.79 Å². The Morgan fingerprint density at radius 2 is 2.00 bits per heavy atom. The minimum absolute atomic E-state index is 0.221. The van der Waals surface area contributed by atoms with Gasteiger partial charge in [-0.05, 0) is 24.3 Å². The Hall–Kier alpha value is -1.31. The monoisotopic (exact) mass is 245 g/mol. The number of nitrogens with one attached hydrogen (secondary N) is 1. The number of hydrogen-bond acceptors (Lipinski definition) is 1. The molecule has 1 aliphatic rings. The zero-order chi connectivity index (χ0) is 12.8. The van der Waals surface area contributed by atoms with Crippen molar-refractivity contribution in [2.75, 3.05) is 6.54 Å². The number of unbranched alkanes of at least 4 members (excludes halogenated alkanes) is 3. The normalized spacial score (nSPS) is 21.6. The van der Waals surface area contributed by atoms with E-state index in [9.17, 15) is 4.79 Å². The predicted octanol–water partition coefficient (Wildman–Crippen LogP) is 3.49. The van der Waals surface area contributed by atoms with Crippen molar-refractivity contribution in [2.24, 2.45) is 5.92 Å². The maximum absolute atomic E-state index is 11.9. The lowest BCUT2D eigenvalue weighted by molar-refractivity contribution is -0.122. The first-order chi connectivity index (χ1) is 8.83. The zero-order valence-electron chi connectivity index (χ0n) is 11.2. The van der Waals surface area contributed by atoms with Crippen LogP contribution in [0.2, 0.25) is 0 Å². The van der Waals surface area contributed by atoms with Crippen LogP contribution in [0.25, 0.3) is 0 Å². The van der Waals surface area contributed by atoms with Gasteiger partial charge in [0.2, 0.25) is 5.91 Å². The van der Waals surface area contributed by atoms with E-state index in [0.29, 0.717) is 5.92 Å². The average Bonchev–Trinajstić information content (AvgIpc) is 3.20. The van der Waals surface area contributed by atoms with Gasteiger partial charge in [-0.2, -0.15) is 0 Å². The fourth-order valence-corrected chi connectivity index (χ4v) is 2.45. The van der Waals surface area contributed by atoms with E-state index in [0.717, 1.165) is 19.4 Å². The van der Waals surface area contributed by atoms with Gasteiger partial charge in [0, 0.05) is 12.5 Å². The van der Waals surface area contributed by atoms with Gasteiger partial charge in [0.15, 0.2) is 0 Å². The molecule has 18 heavy (non-hydrogen) atoms. The molecule has 2 heteroatoms. The van der Waals surface area contributed by atoms with Crippen LogP contribution < -0.4 is 5.32 Å². The molecule has 1 amide bonds. The molecule has 98 valence electrons. The molecule has 0 spiro atoms. The predicted molar refractivity (Wildman–Crippen MR) is 74.4 cm³/mol. The molecule has 1 saturated carbocycles. The minimum atomic E-state index is 0.221. The summed E-state index contributed by atoms with van der Waals surface area (Å²) in [4.78, 5) is 11.9. The average molecular weight is 245 g/mol. The van der Waals surface area contributed by atoms with Crippen LogP contribution in [0.5, 0.6) is 0 Å². The molecule has 2 unspecified atom stereocenters. The Morgan fingerprint density at radius 3 is 2.72 bits per heavy atom. The second kappa shape index (κ2) is 6.58. The smallest absolute Gasteiger partial charge is 0.223 e. The third-order valence-corrected chi connectivity index (χ3v) is 3.68. The van der Waals surface area contributed by atoms with Crippen LogP contribution >= 0.6 is 0 Å². The van der Waals surface area contributed by atoms with E-state index in [1.165, 1.54) is 24.8 Å². The molecule has 2 atom stereocenters. The number of benzene rings is 1. The number of carbonyl (C=O) groups is 1. The molecule has 2 rings (SSSR count). The molecule has 0 radical (unpaired) electrons. The van der Waals surface area contributed by atoms with Crippen molar-refractivity contribution in [1.29, 1.82) is 0 Å². The van der Waals surface area contributed by atoms with Crippen LogP contribution in [0.15, 0.2) is 30.3 Å². The highest BCUT2D eigenvalue weighted by Crippen LogP contribution is 2.47. The van der Waals surface area contributed by atoms with Gasteiger partial charge in [0.1, 0.15) is 0 Å². The Kier molecular flexibility index (Phi) is 4.80. The number of carbonyl (C=O) groups excluding carboxylic acids is 1. The topological polar surface area (TPSA) is 29.1 Å². The third-order valence-electron chi connectivity index (χ3n) is 3.68. The third kappa shape index (κ3) is 3.59. The summed E-state index contributed by atoms with van der Waals surface area (Å²) in [6.07, 6.45) is 5.87. The summed E-state index contributed by atoms with van der Waals surface area (Å²) in [5.74, 6) is 0.931. The van der Waals surface area contributed by atoms with Crippen LogP contribution in [0.4, 0.5) is 0 Å². The van der Waals surface area contributed by atoms with Crippen LogP contribution in [0, 0.1) is 5.92 Å². The maximum atomic E-state index is 11.9. The molecule has 2 nitrogen and oxygen atoms in total. The maximum Gasteiger partial charge on any atom is 0.223 e. The lowest BCUT2D eigenvalue weighted by atomic mass is 10.1. The number of hydrogen-bond donors (Lipinski definition) is 1. The Bertz CT molecular complexity index is 374. The molecule has 0 aliphatic heterocycles. The van der Waals surface area contributed by atoms with E-state index in [-0.39, 0.29) is 11.8 Å². The van der Waals surface area contributed by atoms with Crippen LogP contribution in [-0.2, 0) is 4.79 Å². The lowest BCUT2D eigenvalue weighted by Gasteiger charge is -2.04. The van der Waals surface area contributed by atoms with Gasteiger partial charge < -0.3 is 5.32 Å². The van der Waals surface area contributed by atoms with Gasteiger partial charge in [-0.25, -0.2) is 0 Å². The fourth-order valence-electron chi connectivity index (χ4n) is 2.45. The minimum Gasteiger partial charge on any atom is -0.356 e. The van der Waals surface area contributed by atoms with Gasteiger partial charge >= 0.3 is 0 Å². The lowest BCUT2D eigenvalue weighted by Crippen LogP contribution is -2.26. The SMILES string of the molecule is CCCCCCNC(=O)C1CC1c1ccccc1. The highest BCUT2D eigenvalue weighted by atomic mass is 16.2. The van der Waals surface area contributed by atoms with E-state index >= 15 is 0 Å². The summed E-state index contributed by atoms with van der Waals surface area (Å²) >= 11 is 0. The van der Waals surface area contributed by atoms with Gasteiger partial charge in [-0.1, -0.05) is 56.5 Å². The first-order valence-electron chi connectivity index (χ1n) is 7.15. The van der Waals surface area contributed by atoms with Crippen LogP contribution in [0.1, 0.15) is 50.5 Å². The highest BCUT2D eigenvalue weighted by Gasteiger charge is 2.43. The summed E-state index contributed by atoms with van der Waals surface area (Å²) in [6, 6.07) is 10.4. The van der Waals surface area contributed by atoms with E-state index in [1.807, 2.05) is 18.2 Å². The van der Waals surface area contributed by atoms with Crippen molar-refractivity contribution in [3.8, 4) is 0 Å². The second-order valence-corrected chi connectivity index (χ2v) is 5.21. The second-order valence-electron chi connectivity index (χ2n) is 5.21. The van der Waals surface area contributed by atoms with Crippen LogP contribution in [0.3, 0.4) is 0 Å². The van der Waals surface area contributed by atoms with Gasteiger partial charge in [-0.15, -0.1) is 0 Å². The van der Waals surface area contributed by atoms with Crippen molar-refractivity contribution < 1.29 is 4.79 Å². The van der Waals surface area contributed by atoms with E-state index in [2.05, 4.69) is 24.4 Å². The van der Waals surface area contributed by atoms with Crippen molar-refractivity contribution in [3.05, 3.63) is 35.9 Å². The molecule has 1 aliphatic carbocycles. The quantitative estimate of drug-likeness (QED) is 0.732. The van der Waals surface area contributed by atoms with Gasteiger partial charge in [0.05, 0.1) is 0 Å². The molecule has 0 aromatic heterocycles. The Balaban J connectivity index is 1.67. The fraction of sp³-hybridized carbons (Fsp3) is 0.562. The highest BCUT2D eigenvalue weighted by molar-refractivity contribution is 5.82. The first kappa shape index (κ1) is 13.1. The van der Waals surface area contributed by atoms with Crippen molar-refractivity contribution in [2.45, 2.75) is 44.9 Å². The van der Waals surface area contributed by atoms with E-state index in [4.69, 9.17) is 0 Å². The molecule has 0 saturated heterocycles. The van der Waals surface area contributed by atoms with Gasteiger partial charge in [0.25, 0.3) is 0 Å². The van der Waals surface area contributed by atoms with E-state index in [1.54, 1.807) is 0 Å². The van der Waals surface area contributed by atoms with Crippen LogP contribution in [-0.4, -0.2) is 12.5 Å². The molecule has 0 heterocycles. The first-order valence-corrected chi connectivity index (χ1v) is 7.15. The number of rotatable bonds is 7. The summed E-state index contributed by atoms with van der Waals surface area (Å²) in [6.45, 7) is 3.05. The molecular weight excluding hydrogens is 222 g/mol. The molecule has 1 fully saturated rings. The molecule has 0 bridgehead atoms. The van der Waals surface area contributed by atoms with Crippen molar-refractivity contribution in [1.82, 2.24) is 5.32 Å². The molecule has 1 N–H and O–H groups in total. The summed E-state index contributed by atoms with van der Waals surface area (Å²) in [7, 11) is 0. The summed E-state index contributed by atoms with van der Waals surface area (Å²) in [5.41, 5.74) is 1.31. The van der Waals surface area contributed by atoms with Crippen molar-refractivity contribution in [3.63, 3.8) is 0 Å². The van der Waals surface area contributed by atoms with E-state index < -0.39 is 0 Å². The molecule has 1 aromatic rings.